The SMILES string of the molecule is CC(C)C(=O)C(CCC(=O)O)NC(=O)C(CCC(=O)O)C(C)C. The molecule has 0 bridgehead atoms. The maximum Gasteiger partial charge on any atom is 0.303 e. The average molecular weight is 329 g/mol. The van der Waals surface area contributed by atoms with E-state index in [1.54, 1.807) is 13.8 Å². The highest BCUT2D eigenvalue weighted by atomic mass is 16.4. The Labute approximate surface area is 136 Å². The second-order valence-corrected chi connectivity index (χ2v) is 6.33. The molecule has 0 aliphatic carbocycles. The number of rotatable bonds is 11. The molecule has 2 atom stereocenters. The van der Waals surface area contributed by atoms with Gasteiger partial charge in [-0.2, -0.15) is 0 Å². The number of carbonyl (C=O) groups excluding carboxylic acids is 2. The minimum Gasteiger partial charge on any atom is -0.481 e. The van der Waals surface area contributed by atoms with Gasteiger partial charge in [0, 0.05) is 24.7 Å². The normalized spacial score (nSPS) is 13.7. The molecule has 0 aliphatic heterocycles. The van der Waals surface area contributed by atoms with Gasteiger partial charge in [0.05, 0.1) is 6.04 Å². The van der Waals surface area contributed by atoms with Crippen LogP contribution in [0, 0.1) is 17.8 Å². The Hall–Kier alpha value is -1.92. The Morgan fingerprint density at radius 2 is 1.35 bits per heavy atom. The molecule has 0 fully saturated rings. The molecule has 1 amide bonds. The fraction of sp³-hybridized carbons (Fsp3) is 0.750. The third-order valence-electron chi connectivity index (χ3n) is 3.69. The van der Waals surface area contributed by atoms with Gasteiger partial charge in [0.2, 0.25) is 5.91 Å². The van der Waals surface area contributed by atoms with Gasteiger partial charge < -0.3 is 15.5 Å². The van der Waals surface area contributed by atoms with Crippen molar-refractivity contribution in [2.24, 2.45) is 17.8 Å². The van der Waals surface area contributed by atoms with Gasteiger partial charge in [-0.15, -0.1) is 0 Å². The maximum absolute atomic E-state index is 12.4. The number of amides is 1. The highest BCUT2D eigenvalue weighted by molar-refractivity contribution is 5.91. The summed E-state index contributed by atoms with van der Waals surface area (Å²) >= 11 is 0. The second kappa shape index (κ2) is 9.97. The zero-order chi connectivity index (χ0) is 18.2. The summed E-state index contributed by atoms with van der Waals surface area (Å²) < 4.78 is 0. The zero-order valence-corrected chi connectivity index (χ0v) is 14.2. The summed E-state index contributed by atoms with van der Waals surface area (Å²) in [6.07, 6.45) is -0.138. The van der Waals surface area contributed by atoms with E-state index in [9.17, 15) is 19.2 Å². The van der Waals surface area contributed by atoms with Crippen molar-refractivity contribution >= 4 is 23.6 Å². The Morgan fingerprint density at radius 1 is 0.870 bits per heavy atom. The lowest BCUT2D eigenvalue weighted by atomic mass is 9.89. The van der Waals surface area contributed by atoms with Crippen LogP contribution in [0.25, 0.3) is 0 Å². The predicted molar refractivity (Wildman–Crippen MR) is 83.8 cm³/mol. The Morgan fingerprint density at radius 3 is 1.74 bits per heavy atom. The first-order valence-electron chi connectivity index (χ1n) is 7.83. The van der Waals surface area contributed by atoms with Gasteiger partial charge in [-0.1, -0.05) is 27.7 Å². The molecule has 0 aromatic heterocycles. The van der Waals surface area contributed by atoms with Crippen LogP contribution in [0.5, 0.6) is 0 Å². The molecule has 3 N–H and O–H groups in total. The van der Waals surface area contributed by atoms with Crippen LogP contribution >= 0.6 is 0 Å². The van der Waals surface area contributed by atoms with Crippen molar-refractivity contribution in [3.05, 3.63) is 0 Å². The van der Waals surface area contributed by atoms with Crippen molar-refractivity contribution < 1.29 is 29.4 Å². The first-order valence-corrected chi connectivity index (χ1v) is 7.83. The van der Waals surface area contributed by atoms with E-state index >= 15 is 0 Å². The number of aliphatic carboxylic acids is 2. The Kier molecular flexibility index (Phi) is 9.14. The van der Waals surface area contributed by atoms with Crippen LogP contribution in [0.2, 0.25) is 0 Å². The molecule has 0 spiro atoms. The van der Waals surface area contributed by atoms with Gasteiger partial charge >= 0.3 is 11.9 Å². The minimum absolute atomic E-state index is 0.0296. The molecule has 0 saturated carbocycles. The van der Waals surface area contributed by atoms with Crippen LogP contribution in [0.1, 0.15) is 53.4 Å². The first-order chi connectivity index (χ1) is 10.6. The molecule has 7 heteroatoms. The summed E-state index contributed by atoms with van der Waals surface area (Å²) in [5.74, 6) is -3.57. The van der Waals surface area contributed by atoms with Gasteiger partial charge in [0.1, 0.15) is 0 Å². The third kappa shape index (κ3) is 8.32. The van der Waals surface area contributed by atoms with Crippen LogP contribution in [-0.4, -0.2) is 39.9 Å². The van der Waals surface area contributed by atoms with Crippen LogP contribution in [0.15, 0.2) is 0 Å². The van der Waals surface area contributed by atoms with Gasteiger partial charge in [-0.3, -0.25) is 19.2 Å². The molecular weight excluding hydrogens is 302 g/mol. The fourth-order valence-electron chi connectivity index (χ4n) is 2.28. The number of nitrogens with one attached hydrogen (secondary N) is 1. The number of ketones is 1. The first kappa shape index (κ1) is 21.1. The van der Waals surface area contributed by atoms with Crippen molar-refractivity contribution in [2.45, 2.75) is 59.4 Å². The van der Waals surface area contributed by atoms with Crippen LogP contribution in [-0.2, 0) is 19.2 Å². The van der Waals surface area contributed by atoms with E-state index in [1.807, 2.05) is 13.8 Å². The number of hydrogen-bond acceptors (Lipinski definition) is 4. The van der Waals surface area contributed by atoms with E-state index in [0.717, 1.165) is 0 Å². The summed E-state index contributed by atoms with van der Waals surface area (Å²) in [5, 5.41) is 20.1. The molecule has 7 nitrogen and oxygen atoms in total. The van der Waals surface area contributed by atoms with Crippen molar-refractivity contribution in [3.63, 3.8) is 0 Å². The molecule has 0 aliphatic rings. The highest BCUT2D eigenvalue weighted by Crippen LogP contribution is 2.18. The number of carboxylic acid groups (broad SMARTS) is 2. The van der Waals surface area contributed by atoms with E-state index in [-0.39, 0.29) is 43.3 Å². The number of carbonyl (C=O) groups is 4. The number of hydrogen-bond donors (Lipinski definition) is 3. The monoisotopic (exact) mass is 329 g/mol. The molecular formula is C16H27NO6. The fourth-order valence-corrected chi connectivity index (χ4v) is 2.28. The van der Waals surface area contributed by atoms with Gasteiger partial charge in [-0.05, 0) is 18.8 Å². The lowest BCUT2D eigenvalue weighted by Crippen LogP contribution is -2.46. The smallest absolute Gasteiger partial charge is 0.303 e. The summed E-state index contributed by atoms with van der Waals surface area (Å²) in [6.45, 7) is 6.99. The molecule has 0 rings (SSSR count). The summed E-state index contributed by atoms with van der Waals surface area (Å²) in [6, 6.07) is -0.857. The van der Waals surface area contributed by atoms with Crippen LogP contribution < -0.4 is 5.32 Å². The van der Waals surface area contributed by atoms with E-state index in [1.165, 1.54) is 0 Å². The second-order valence-electron chi connectivity index (χ2n) is 6.33. The summed E-state index contributed by atoms with van der Waals surface area (Å²) in [5.41, 5.74) is 0. The Bertz CT molecular complexity index is 444. The summed E-state index contributed by atoms with van der Waals surface area (Å²) in [4.78, 5) is 45.9. The van der Waals surface area contributed by atoms with Crippen LogP contribution in [0.4, 0.5) is 0 Å². The molecule has 0 saturated heterocycles. The van der Waals surface area contributed by atoms with E-state index < -0.39 is 29.8 Å². The molecule has 0 radical (unpaired) electrons. The van der Waals surface area contributed by atoms with Crippen molar-refractivity contribution in [1.82, 2.24) is 5.32 Å². The lowest BCUT2D eigenvalue weighted by molar-refractivity contribution is -0.140. The molecule has 0 heterocycles. The van der Waals surface area contributed by atoms with Crippen molar-refractivity contribution in [1.29, 1.82) is 0 Å². The molecule has 0 aromatic rings. The topological polar surface area (TPSA) is 121 Å². The summed E-state index contributed by atoms with van der Waals surface area (Å²) in [7, 11) is 0. The van der Waals surface area contributed by atoms with E-state index in [0.29, 0.717) is 0 Å². The lowest BCUT2D eigenvalue weighted by Gasteiger charge is -2.24. The van der Waals surface area contributed by atoms with Gasteiger partial charge in [-0.25, -0.2) is 0 Å². The number of carboxylic acids is 2. The molecule has 0 aromatic carbocycles. The highest BCUT2D eigenvalue weighted by Gasteiger charge is 2.29. The largest absolute Gasteiger partial charge is 0.481 e. The van der Waals surface area contributed by atoms with Crippen LogP contribution in [0.3, 0.4) is 0 Å². The minimum atomic E-state index is -1.04. The molecule has 23 heavy (non-hydrogen) atoms. The zero-order valence-electron chi connectivity index (χ0n) is 14.2. The molecule has 132 valence electrons. The van der Waals surface area contributed by atoms with Gasteiger partial charge in [0.15, 0.2) is 5.78 Å². The Balaban J connectivity index is 4.97. The van der Waals surface area contributed by atoms with Crippen molar-refractivity contribution in [3.8, 4) is 0 Å². The third-order valence-corrected chi connectivity index (χ3v) is 3.69. The molecule has 2 unspecified atom stereocenters. The van der Waals surface area contributed by atoms with Gasteiger partial charge in [0.25, 0.3) is 0 Å². The number of Topliss-reactive ketones (excluding diaryl/α,β-unsaturated/α-hetero) is 1. The predicted octanol–water partition coefficient (Wildman–Crippen LogP) is 1.70. The van der Waals surface area contributed by atoms with E-state index in [2.05, 4.69) is 5.32 Å². The van der Waals surface area contributed by atoms with E-state index in [4.69, 9.17) is 10.2 Å². The quantitative estimate of drug-likeness (QED) is 0.530. The standard InChI is InChI=1S/C16H27NO6/c1-9(2)11(5-7-13(18)19)16(23)17-12(6-8-14(20)21)15(22)10(3)4/h9-12H,5-8H2,1-4H3,(H,17,23)(H,18,19)(H,20,21). The average Bonchev–Trinajstić information content (AvgIpc) is 2.41. The maximum atomic E-state index is 12.4. The van der Waals surface area contributed by atoms with Crippen molar-refractivity contribution in [2.75, 3.05) is 0 Å².